The molecule has 3 heteroatoms. The summed E-state index contributed by atoms with van der Waals surface area (Å²) in [6.45, 7) is 4.16. The Morgan fingerprint density at radius 2 is 1.72 bits per heavy atom. The summed E-state index contributed by atoms with van der Waals surface area (Å²) in [5.41, 5.74) is 8.23. The van der Waals surface area contributed by atoms with Crippen molar-refractivity contribution in [2.75, 3.05) is 13.1 Å². The fraction of sp³-hybridized carbons (Fsp3) is 0.600. The van der Waals surface area contributed by atoms with Gasteiger partial charge in [-0.15, -0.1) is 0 Å². The monoisotopic (exact) mass is 310 g/mol. The maximum Gasteiger partial charge on any atom is 0.0244 e. The third-order valence-electron chi connectivity index (χ3n) is 3.70. The minimum Gasteiger partial charge on any atom is -0.326 e. The lowest BCUT2D eigenvalue weighted by Gasteiger charge is -2.25. The minimum atomic E-state index is 0.614. The van der Waals surface area contributed by atoms with Crippen LogP contribution in [0, 0.1) is 0 Å². The quantitative estimate of drug-likeness (QED) is 0.923. The van der Waals surface area contributed by atoms with Crippen molar-refractivity contribution in [1.29, 1.82) is 0 Å². The van der Waals surface area contributed by atoms with Crippen LogP contribution in [-0.2, 0) is 13.1 Å². The number of nitrogens with zero attached hydrogens (tertiary/aromatic N) is 1. The molecule has 1 heterocycles. The fourth-order valence-electron chi connectivity index (χ4n) is 2.56. The molecule has 100 valence electrons. The minimum absolute atomic E-state index is 0.614. The molecule has 1 aromatic rings. The zero-order chi connectivity index (χ0) is 12.8. The molecule has 0 amide bonds. The van der Waals surface area contributed by atoms with Gasteiger partial charge in [-0.2, -0.15) is 0 Å². The fourth-order valence-corrected chi connectivity index (χ4v) is 3.11. The first kappa shape index (κ1) is 14.0. The number of likely N-dealkylation sites (tertiary alicyclic amines) is 1. The molecule has 0 unspecified atom stereocenters. The molecule has 2 N–H and O–H groups in total. The van der Waals surface area contributed by atoms with Crippen LogP contribution in [0.1, 0.15) is 43.2 Å². The van der Waals surface area contributed by atoms with Crippen LogP contribution < -0.4 is 5.73 Å². The molecule has 1 aliphatic heterocycles. The van der Waals surface area contributed by atoms with E-state index in [9.17, 15) is 0 Å². The van der Waals surface area contributed by atoms with E-state index in [4.69, 9.17) is 5.73 Å². The van der Waals surface area contributed by atoms with E-state index in [0.717, 1.165) is 6.54 Å². The number of benzene rings is 1. The smallest absolute Gasteiger partial charge is 0.0244 e. The SMILES string of the molecule is NCc1ccc(CN2CCCCCCC2)c(Br)c1. The zero-order valence-corrected chi connectivity index (χ0v) is 12.6. The van der Waals surface area contributed by atoms with Gasteiger partial charge in [-0.05, 0) is 43.1 Å². The Morgan fingerprint density at radius 1 is 1.06 bits per heavy atom. The molecule has 2 rings (SSSR count). The molecule has 0 aromatic heterocycles. The molecule has 18 heavy (non-hydrogen) atoms. The van der Waals surface area contributed by atoms with Gasteiger partial charge in [0.25, 0.3) is 0 Å². The van der Waals surface area contributed by atoms with Gasteiger partial charge in [0.2, 0.25) is 0 Å². The third-order valence-corrected chi connectivity index (χ3v) is 4.43. The maximum atomic E-state index is 5.66. The zero-order valence-electron chi connectivity index (χ0n) is 11.0. The van der Waals surface area contributed by atoms with E-state index in [-0.39, 0.29) is 0 Å². The lowest BCUT2D eigenvalue weighted by Crippen LogP contribution is -2.27. The van der Waals surface area contributed by atoms with E-state index in [1.54, 1.807) is 0 Å². The molecule has 0 atom stereocenters. The van der Waals surface area contributed by atoms with E-state index in [0.29, 0.717) is 6.54 Å². The van der Waals surface area contributed by atoms with Crippen molar-refractivity contribution < 1.29 is 0 Å². The van der Waals surface area contributed by atoms with Gasteiger partial charge in [-0.3, -0.25) is 4.90 Å². The summed E-state index contributed by atoms with van der Waals surface area (Å²) < 4.78 is 1.20. The van der Waals surface area contributed by atoms with Gasteiger partial charge < -0.3 is 5.73 Å². The molecule has 0 aliphatic carbocycles. The molecular formula is C15H23BrN2. The summed E-state index contributed by atoms with van der Waals surface area (Å²) in [6, 6.07) is 6.51. The summed E-state index contributed by atoms with van der Waals surface area (Å²) in [5.74, 6) is 0. The Morgan fingerprint density at radius 3 is 2.33 bits per heavy atom. The van der Waals surface area contributed by atoms with E-state index in [2.05, 4.69) is 39.0 Å². The van der Waals surface area contributed by atoms with Gasteiger partial charge in [0.15, 0.2) is 0 Å². The summed E-state index contributed by atoms with van der Waals surface area (Å²) in [6.07, 6.45) is 6.90. The van der Waals surface area contributed by atoms with Crippen molar-refractivity contribution >= 4 is 15.9 Å². The lowest BCUT2D eigenvalue weighted by molar-refractivity contribution is 0.239. The van der Waals surface area contributed by atoms with Crippen LogP contribution in [-0.4, -0.2) is 18.0 Å². The predicted molar refractivity (Wildman–Crippen MR) is 80.4 cm³/mol. The van der Waals surface area contributed by atoms with Crippen molar-refractivity contribution in [1.82, 2.24) is 4.90 Å². The molecule has 1 aromatic carbocycles. The molecular weight excluding hydrogens is 288 g/mol. The van der Waals surface area contributed by atoms with Crippen molar-refractivity contribution in [3.63, 3.8) is 0 Å². The highest BCUT2D eigenvalue weighted by molar-refractivity contribution is 9.10. The van der Waals surface area contributed by atoms with Crippen molar-refractivity contribution in [3.05, 3.63) is 33.8 Å². The van der Waals surface area contributed by atoms with Crippen molar-refractivity contribution in [2.24, 2.45) is 5.73 Å². The Balaban J connectivity index is 1.98. The second-order valence-electron chi connectivity index (χ2n) is 5.17. The Kier molecular flexibility index (Phi) is 5.67. The van der Waals surface area contributed by atoms with Gasteiger partial charge >= 0.3 is 0 Å². The first-order chi connectivity index (χ1) is 8.79. The highest BCUT2D eigenvalue weighted by Crippen LogP contribution is 2.21. The lowest BCUT2D eigenvalue weighted by atomic mass is 10.1. The number of halogens is 1. The van der Waals surface area contributed by atoms with Gasteiger partial charge in [0.1, 0.15) is 0 Å². The van der Waals surface area contributed by atoms with Crippen LogP contribution >= 0.6 is 15.9 Å². The Bertz CT molecular complexity index is 371. The molecule has 1 saturated heterocycles. The van der Waals surface area contributed by atoms with E-state index in [1.165, 1.54) is 60.8 Å². The Labute approximate surface area is 119 Å². The second kappa shape index (κ2) is 7.27. The average Bonchev–Trinajstić information content (AvgIpc) is 2.34. The molecule has 0 bridgehead atoms. The van der Waals surface area contributed by atoms with Crippen LogP contribution in [0.25, 0.3) is 0 Å². The van der Waals surface area contributed by atoms with E-state index in [1.807, 2.05) is 0 Å². The molecule has 2 nitrogen and oxygen atoms in total. The molecule has 1 fully saturated rings. The van der Waals surface area contributed by atoms with E-state index >= 15 is 0 Å². The van der Waals surface area contributed by atoms with E-state index < -0.39 is 0 Å². The third kappa shape index (κ3) is 4.08. The van der Waals surface area contributed by atoms with Gasteiger partial charge in [0, 0.05) is 17.6 Å². The van der Waals surface area contributed by atoms with Crippen molar-refractivity contribution in [2.45, 2.75) is 45.2 Å². The van der Waals surface area contributed by atoms with Crippen LogP contribution in [0.3, 0.4) is 0 Å². The summed E-state index contributed by atoms with van der Waals surface area (Å²) in [4.78, 5) is 2.58. The summed E-state index contributed by atoms with van der Waals surface area (Å²) in [5, 5.41) is 0. The number of hydrogen-bond donors (Lipinski definition) is 1. The molecule has 0 saturated carbocycles. The highest BCUT2D eigenvalue weighted by atomic mass is 79.9. The number of hydrogen-bond acceptors (Lipinski definition) is 2. The standard InChI is InChI=1S/C15H23BrN2/c16-15-10-13(11-17)6-7-14(15)12-18-8-4-2-1-3-5-9-18/h6-7,10H,1-5,8-9,11-12,17H2. The first-order valence-electron chi connectivity index (χ1n) is 6.99. The first-order valence-corrected chi connectivity index (χ1v) is 7.78. The highest BCUT2D eigenvalue weighted by Gasteiger charge is 2.10. The summed E-state index contributed by atoms with van der Waals surface area (Å²) in [7, 11) is 0. The van der Waals surface area contributed by atoms with Crippen LogP contribution in [0.4, 0.5) is 0 Å². The number of rotatable bonds is 3. The molecule has 1 aliphatic rings. The van der Waals surface area contributed by atoms with Gasteiger partial charge in [-0.25, -0.2) is 0 Å². The molecule has 0 spiro atoms. The van der Waals surface area contributed by atoms with Gasteiger partial charge in [-0.1, -0.05) is 47.3 Å². The Hall–Kier alpha value is -0.380. The predicted octanol–water partition coefficient (Wildman–Crippen LogP) is 3.67. The van der Waals surface area contributed by atoms with Gasteiger partial charge in [0.05, 0.1) is 0 Å². The molecule has 0 radical (unpaired) electrons. The van der Waals surface area contributed by atoms with Crippen LogP contribution in [0.2, 0.25) is 0 Å². The average molecular weight is 311 g/mol. The van der Waals surface area contributed by atoms with Crippen LogP contribution in [0.15, 0.2) is 22.7 Å². The number of nitrogens with two attached hydrogens (primary N) is 1. The van der Waals surface area contributed by atoms with Crippen molar-refractivity contribution in [3.8, 4) is 0 Å². The topological polar surface area (TPSA) is 29.3 Å². The maximum absolute atomic E-state index is 5.66. The normalized spacial score (nSPS) is 18.3. The van der Waals surface area contributed by atoms with Crippen LogP contribution in [0.5, 0.6) is 0 Å². The summed E-state index contributed by atoms with van der Waals surface area (Å²) >= 11 is 3.67. The second-order valence-corrected chi connectivity index (χ2v) is 6.03. The largest absolute Gasteiger partial charge is 0.326 e.